The average molecular weight is 280 g/mol. The summed E-state index contributed by atoms with van der Waals surface area (Å²) in [6.45, 7) is 2.85. The zero-order chi connectivity index (χ0) is 13.8. The third-order valence-electron chi connectivity index (χ3n) is 3.11. The Kier molecular flexibility index (Phi) is 4.31. The van der Waals surface area contributed by atoms with Crippen molar-refractivity contribution >= 4 is 29.3 Å². The maximum absolute atomic E-state index is 12.0. The van der Waals surface area contributed by atoms with E-state index >= 15 is 0 Å². The van der Waals surface area contributed by atoms with E-state index in [2.05, 4.69) is 4.98 Å². The largest absolute Gasteiger partial charge is 0.481 e. The molecule has 1 aromatic rings. The molecule has 2 heterocycles. The molecule has 1 aliphatic rings. The third kappa shape index (κ3) is 3.64. The van der Waals surface area contributed by atoms with Gasteiger partial charge in [-0.15, -0.1) is 11.3 Å². The Hall–Kier alpha value is -1.69. The Bertz CT molecular complexity index is 510. The molecule has 0 aromatic carbocycles. The van der Waals surface area contributed by atoms with Gasteiger partial charge in [0, 0.05) is 30.2 Å². The summed E-state index contributed by atoms with van der Waals surface area (Å²) in [6, 6.07) is 0. The van der Waals surface area contributed by atoms with Crippen molar-refractivity contribution in [3.05, 3.63) is 22.2 Å². The molecular formula is C13H16N2O3S. The van der Waals surface area contributed by atoms with Gasteiger partial charge in [0.1, 0.15) is 0 Å². The van der Waals surface area contributed by atoms with E-state index in [0.29, 0.717) is 19.5 Å². The van der Waals surface area contributed by atoms with E-state index in [4.69, 9.17) is 5.11 Å². The molecule has 6 heteroatoms. The summed E-state index contributed by atoms with van der Waals surface area (Å²) in [4.78, 5) is 29.6. The molecule has 1 aliphatic heterocycles. The molecule has 1 N–H and O–H groups in total. The van der Waals surface area contributed by atoms with Crippen LogP contribution in [0.5, 0.6) is 0 Å². The highest BCUT2D eigenvalue weighted by Gasteiger charge is 2.27. The fraction of sp³-hybridized carbons (Fsp3) is 0.462. The third-order valence-corrected chi connectivity index (χ3v) is 3.99. The molecular weight excluding hydrogens is 264 g/mol. The lowest BCUT2D eigenvalue weighted by molar-refractivity contribution is -0.144. The lowest BCUT2D eigenvalue weighted by Crippen LogP contribution is -2.41. The predicted octanol–water partition coefficient (Wildman–Crippen LogP) is 1.79. The number of thiazole rings is 1. The minimum Gasteiger partial charge on any atom is -0.481 e. The summed E-state index contributed by atoms with van der Waals surface area (Å²) < 4.78 is 0. The Morgan fingerprint density at radius 3 is 3.00 bits per heavy atom. The van der Waals surface area contributed by atoms with E-state index in [1.165, 1.54) is 17.4 Å². The summed E-state index contributed by atoms with van der Waals surface area (Å²) in [5.74, 6) is -1.38. The first-order chi connectivity index (χ1) is 9.06. The Morgan fingerprint density at radius 1 is 1.58 bits per heavy atom. The molecule has 0 bridgehead atoms. The fourth-order valence-electron chi connectivity index (χ4n) is 2.09. The van der Waals surface area contributed by atoms with Crippen molar-refractivity contribution in [2.24, 2.45) is 5.92 Å². The van der Waals surface area contributed by atoms with Gasteiger partial charge in [-0.2, -0.15) is 0 Å². The van der Waals surface area contributed by atoms with Crippen LogP contribution in [0.1, 0.15) is 22.7 Å². The zero-order valence-electron chi connectivity index (χ0n) is 10.7. The van der Waals surface area contributed by atoms with Crippen LogP contribution < -0.4 is 0 Å². The maximum Gasteiger partial charge on any atom is 0.308 e. The van der Waals surface area contributed by atoms with Crippen LogP contribution in [0.2, 0.25) is 0 Å². The monoisotopic (exact) mass is 280 g/mol. The van der Waals surface area contributed by atoms with Gasteiger partial charge in [0.2, 0.25) is 5.91 Å². The minimum absolute atomic E-state index is 0.128. The van der Waals surface area contributed by atoms with Crippen molar-refractivity contribution in [3.8, 4) is 0 Å². The van der Waals surface area contributed by atoms with Crippen molar-refractivity contribution < 1.29 is 14.7 Å². The number of rotatable bonds is 3. The highest BCUT2D eigenvalue weighted by atomic mass is 32.1. The van der Waals surface area contributed by atoms with Crippen molar-refractivity contribution in [3.63, 3.8) is 0 Å². The second-order valence-corrected chi connectivity index (χ2v) is 5.84. The van der Waals surface area contributed by atoms with Crippen molar-refractivity contribution in [1.82, 2.24) is 9.88 Å². The molecule has 1 amide bonds. The average Bonchev–Trinajstić information content (AvgIpc) is 2.82. The van der Waals surface area contributed by atoms with Crippen LogP contribution in [0.15, 0.2) is 12.3 Å². The number of hydrogen-bond donors (Lipinski definition) is 1. The van der Waals surface area contributed by atoms with Gasteiger partial charge >= 0.3 is 5.97 Å². The van der Waals surface area contributed by atoms with E-state index in [1.807, 2.05) is 6.92 Å². The van der Waals surface area contributed by atoms with Gasteiger partial charge in [-0.3, -0.25) is 9.59 Å². The number of nitrogens with zero attached hydrogens (tertiary/aromatic N) is 2. The number of aryl methyl sites for hydroxylation is 1. The second-order valence-electron chi connectivity index (χ2n) is 4.58. The van der Waals surface area contributed by atoms with Gasteiger partial charge in [0.05, 0.1) is 10.9 Å². The van der Waals surface area contributed by atoms with Gasteiger partial charge in [0.15, 0.2) is 0 Å². The van der Waals surface area contributed by atoms with Crippen LogP contribution in [0, 0.1) is 12.8 Å². The first kappa shape index (κ1) is 13.7. The van der Waals surface area contributed by atoms with Crippen LogP contribution in [-0.4, -0.2) is 40.0 Å². The van der Waals surface area contributed by atoms with Crippen molar-refractivity contribution in [2.75, 3.05) is 13.1 Å². The zero-order valence-corrected chi connectivity index (χ0v) is 11.5. The Labute approximate surface area is 115 Å². The number of carbonyl (C=O) groups is 2. The number of aliphatic carboxylic acids is 1. The smallest absolute Gasteiger partial charge is 0.308 e. The predicted molar refractivity (Wildman–Crippen MR) is 72.8 cm³/mol. The molecule has 0 spiro atoms. The highest BCUT2D eigenvalue weighted by Crippen LogP contribution is 2.18. The molecule has 0 saturated carbocycles. The molecule has 102 valence electrons. The summed E-state index contributed by atoms with van der Waals surface area (Å²) in [7, 11) is 0. The van der Waals surface area contributed by atoms with Crippen LogP contribution in [-0.2, 0) is 9.59 Å². The van der Waals surface area contributed by atoms with Gasteiger partial charge < -0.3 is 10.0 Å². The van der Waals surface area contributed by atoms with Crippen LogP contribution in [0.25, 0.3) is 6.08 Å². The van der Waals surface area contributed by atoms with Crippen LogP contribution >= 0.6 is 11.3 Å². The number of carbonyl (C=O) groups excluding carboxylic acids is 1. The molecule has 0 aliphatic carbocycles. The van der Waals surface area contributed by atoms with E-state index in [0.717, 1.165) is 16.3 Å². The Morgan fingerprint density at radius 2 is 2.37 bits per heavy atom. The molecule has 0 radical (unpaired) electrons. The van der Waals surface area contributed by atoms with Gasteiger partial charge in [-0.25, -0.2) is 4.98 Å². The number of piperidine rings is 1. The number of likely N-dealkylation sites (tertiary alicyclic amines) is 1. The van der Waals surface area contributed by atoms with E-state index < -0.39 is 11.9 Å². The number of amides is 1. The Balaban J connectivity index is 1.96. The van der Waals surface area contributed by atoms with Crippen LogP contribution in [0.4, 0.5) is 0 Å². The number of carboxylic acids is 1. The minimum atomic E-state index is -0.820. The normalized spacial score (nSPS) is 19.8. The first-order valence-electron chi connectivity index (χ1n) is 6.18. The molecule has 1 unspecified atom stereocenters. The number of aromatic nitrogens is 1. The molecule has 2 rings (SSSR count). The standard InChI is InChI=1S/C13H16N2O3S/c1-9-14-7-11(19-9)4-5-12(16)15-6-2-3-10(8-15)13(17)18/h4-5,7,10H,2-3,6,8H2,1H3,(H,17,18). The lowest BCUT2D eigenvalue weighted by Gasteiger charge is -2.29. The SMILES string of the molecule is Cc1ncc(C=CC(=O)N2CCCC(C(=O)O)C2)s1. The molecule has 1 atom stereocenters. The first-order valence-corrected chi connectivity index (χ1v) is 7.00. The van der Waals surface area contributed by atoms with Gasteiger partial charge in [-0.05, 0) is 25.8 Å². The molecule has 1 saturated heterocycles. The number of hydrogen-bond acceptors (Lipinski definition) is 4. The maximum atomic E-state index is 12.0. The molecule has 19 heavy (non-hydrogen) atoms. The van der Waals surface area contributed by atoms with E-state index in [-0.39, 0.29) is 5.91 Å². The van der Waals surface area contributed by atoms with Crippen molar-refractivity contribution in [2.45, 2.75) is 19.8 Å². The van der Waals surface area contributed by atoms with E-state index in [1.54, 1.807) is 17.2 Å². The van der Waals surface area contributed by atoms with Gasteiger partial charge in [-0.1, -0.05) is 0 Å². The van der Waals surface area contributed by atoms with Gasteiger partial charge in [0.25, 0.3) is 0 Å². The summed E-state index contributed by atoms with van der Waals surface area (Å²) in [5, 5.41) is 9.94. The lowest BCUT2D eigenvalue weighted by atomic mass is 9.98. The van der Waals surface area contributed by atoms with Crippen LogP contribution in [0.3, 0.4) is 0 Å². The summed E-state index contributed by atoms with van der Waals surface area (Å²) in [6.07, 6.45) is 6.35. The second kappa shape index (κ2) is 5.97. The highest BCUT2D eigenvalue weighted by molar-refractivity contribution is 7.12. The summed E-state index contributed by atoms with van der Waals surface area (Å²) in [5.41, 5.74) is 0. The quantitative estimate of drug-likeness (QED) is 0.857. The van der Waals surface area contributed by atoms with E-state index in [9.17, 15) is 9.59 Å². The topological polar surface area (TPSA) is 70.5 Å². The fourth-order valence-corrected chi connectivity index (χ4v) is 2.78. The molecule has 5 nitrogen and oxygen atoms in total. The number of carboxylic acid groups (broad SMARTS) is 1. The molecule has 1 aromatic heterocycles. The summed E-state index contributed by atoms with van der Waals surface area (Å²) >= 11 is 1.52. The molecule has 1 fully saturated rings. The van der Waals surface area contributed by atoms with Crippen molar-refractivity contribution in [1.29, 1.82) is 0 Å².